The molecule has 7 heteroatoms. The zero-order valence-electron chi connectivity index (χ0n) is 20.9. The first-order chi connectivity index (χ1) is 16.8. The summed E-state index contributed by atoms with van der Waals surface area (Å²) in [5.41, 5.74) is 4.27. The van der Waals surface area contributed by atoms with Crippen molar-refractivity contribution < 1.29 is 0 Å². The van der Waals surface area contributed by atoms with Gasteiger partial charge >= 0.3 is 0 Å². The zero-order chi connectivity index (χ0) is 24.7. The molecule has 3 aromatic rings. The van der Waals surface area contributed by atoms with E-state index in [1.165, 1.54) is 12.0 Å². The molecular weight excluding hydrogens is 474 g/mol. The minimum absolute atomic E-state index is 0.0330. The first kappa shape index (κ1) is 24.1. The van der Waals surface area contributed by atoms with Gasteiger partial charge < -0.3 is 19.7 Å². The van der Waals surface area contributed by atoms with Gasteiger partial charge in [-0.2, -0.15) is 0 Å². The highest BCUT2D eigenvalue weighted by Gasteiger charge is 2.41. The Morgan fingerprint density at radius 3 is 2.49 bits per heavy atom. The summed E-state index contributed by atoms with van der Waals surface area (Å²) in [5.74, 6) is 1.33. The SMILES string of the molecule is CC(C)n1ccc([C@@H]2[C@H](c3ccccn3)NC(=S)N2c2ccc(N3C[C@H](C)C[C@H](C)C3)c(Cl)c2)c1. The van der Waals surface area contributed by atoms with Crippen LogP contribution in [0.4, 0.5) is 11.4 Å². The molecule has 0 spiro atoms. The fourth-order valence-corrected chi connectivity index (χ4v) is 6.30. The first-order valence-corrected chi connectivity index (χ1v) is 13.3. The first-order valence-electron chi connectivity index (χ1n) is 12.5. The van der Waals surface area contributed by atoms with Gasteiger partial charge in [-0.3, -0.25) is 4.98 Å². The Morgan fingerprint density at radius 2 is 1.86 bits per heavy atom. The summed E-state index contributed by atoms with van der Waals surface area (Å²) < 4.78 is 2.24. The largest absolute Gasteiger partial charge is 0.370 e. The number of halogens is 1. The number of hydrogen-bond donors (Lipinski definition) is 1. The minimum atomic E-state index is -0.0612. The lowest BCUT2D eigenvalue weighted by Gasteiger charge is -2.37. The average Bonchev–Trinajstić information content (AvgIpc) is 3.43. The molecule has 0 saturated carbocycles. The molecule has 2 aliphatic heterocycles. The Hall–Kier alpha value is -2.57. The highest BCUT2D eigenvalue weighted by atomic mass is 35.5. The molecule has 1 aromatic carbocycles. The van der Waals surface area contributed by atoms with Crippen LogP contribution < -0.4 is 15.1 Å². The second-order valence-corrected chi connectivity index (χ2v) is 11.3. The van der Waals surface area contributed by atoms with E-state index in [2.05, 4.69) is 95.1 Å². The predicted octanol–water partition coefficient (Wildman–Crippen LogP) is 6.78. The molecule has 4 atom stereocenters. The van der Waals surface area contributed by atoms with Crippen molar-refractivity contribution in [2.45, 2.75) is 52.2 Å². The number of pyridine rings is 1. The van der Waals surface area contributed by atoms with Crippen LogP contribution in [-0.4, -0.2) is 27.8 Å². The minimum Gasteiger partial charge on any atom is -0.370 e. The van der Waals surface area contributed by atoms with Gasteiger partial charge in [0.05, 0.1) is 28.5 Å². The molecule has 2 aliphatic rings. The maximum absolute atomic E-state index is 6.93. The van der Waals surface area contributed by atoms with Crippen molar-refractivity contribution in [3.8, 4) is 0 Å². The van der Waals surface area contributed by atoms with Gasteiger partial charge in [-0.25, -0.2) is 0 Å². The maximum Gasteiger partial charge on any atom is 0.174 e. The lowest BCUT2D eigenvalue weighted by Crippen LogP contribution is -2.38. The third kappa shape index (κ3) is 4.78. The summed E-state index contributed by atoms with van der Waals surface area (Å²) in [6, 6.07) is 14.9. The number of benzene rings is 1. The van der Waals surface area contributed by atoms with E-state index in [-0.39, 0.29) is 12.1 Å². The predicted molar refractivity (Wildman–Crippen MR) is 149 cm³/mol. The van der Waals surface area contributed by atoms with Crippen molar-refractivity contribution in [2.24, 2.45) is 11.8 Å². The number of nitrogens with zero attached hydrogens (tertiary/aromatic N) is 4. The fourth-order valence-electron chi connectivity index (χ4n) is 5.66. The molecule has 0 aliphatic carbocycles. The summed E-state index contributed by atoms with van der Waals surface area (Å²) >= 11 is 12.8. The van der Waals surface area contributed by atoms with E-state index in [1.54, 1.807) is 0 Å². The van der Waals surface area contributed by atoms with Crippen LogP contribution in [0.25, 0.3) is 0 Å². The van der Waals surface area contributed by atoms with Gasteiger partial charge in [-0.15, -0.1) is 0 Å². The van der Waals surface area contributed by atoms with E-state index in [0.717, 1.165) is 35.2 Å². The van der Waals surface area contributed by atoms with Crippen LogP contribution in [0.3, 0.4) is 0 Å². The second kappa shape index (κ2) is 9.82. The van der Waals surface area contributed by atoms with E-state index in [9.17, 15) is 0 Å². The zero-order valence-corrected chi connectivity index (χ0v) is 22.4. The third-order valence-electron chi connectivity index (χ3n) is 7.19. The molecule has 5 rings (SSSR count). The molecule has 0 unspecified atom stereocenters. The monoisotopic (exact) mass is 507 g/mol. The van der Waals surface area contributed by atoms with Crippen LogP contribution in [0, 0.1) is 11.8 Å². The number of aromatic nitrogens is 2. The van der Waals surface area contributed by atoms with Gasteiger partial charge in [-0.05, 0) is 86.3 Å². The summed E-state index contributed by atoms with van der Waals surface area (Å²) in [6.07, 6.45) is 7.47. The Labute approximate surface area is 219 Å². The van der Waals surface area contributed by atoms with Gasteiger partial charge in [0, 0.05) is 43.4 Å². The van der Waals surface area contributed by atoms with Crippen molar-refractivity contribution in [1.82, 2.24) is 14.9 Å². The van der Waals surface area contributed by atoms with E-state index in [0.29, 0.717) is 23.0 Å². The summed E-state index contributed by atoms with van der Waals surface area (Å²) in [6.45, 7) is 11.1. The number of thiocarbonyl (C=S) groups is 1. The lowest BCUT2D eigenvalue weighted by atomic mass is 9.91. The third-order valence-corrected chi connectivity index (χ3v) is 7.81. The quantitative estimate of drug-likeness (QED) is 0.385. The van der Waals surface area contributed by atoms with Crippen LogP contribution in [0.5, 0.6) is 0 Å². The molecule has 0 radical (unpaired) electrons. The van der Waals surface area contributed by atoms with Gasteiger partial charge in [0.2, 0.25) is 0 Å². The molecule has 0 amide bonds. The lowest BCUT2D eigenvalue weighted by molar-refractivity contribution is 0.357. The molecule has 35 heavy (non-hydrogen) atoms. The van der Waals surface area contributed by atoms with E-state index >= 15 is 0 Å². The smallest absolute Gasteiger partial charge is 0.174 e. The number of nitrogens with one attached hydrogen (secondary N) is 1. The Bertz CT molecular complexity index is 1180. The topological polar surface area (TPSA) is 36.3 Å². The molecular formula is C28H34ClN5S. The molecule has 2 aromatic heterocycles. The van der Waals surface area contributed by atoms with Crippen LogP contribution in [0.1, 0.15) is 63.5 Å². The number of piperidine rings is 1. The molecule has 2 saturated heterocycles. The molecule has 0 bridgehead atoms. The molecule has 5 nitrogen and oxygen atoms in total. The highest BCUT2D eigenvalue weighted by Crippen LogP contribution is 2.43. The second-order valence-electron chi connectivity index (χ2n) is 10.5. The average molecular weight is 508 g/mol. The maximum atomic E-state index is 6.93. The number of rotatable bonds is 5. The Morgan fingerprint density at radius 1 is 1.09 bits per heavy atom. The Kier molecular flexibility index (Phi) is 6.78. The van der Waals surface area contributed by atoms with Crippen molar-refractivity contribution in [2.75, 3.05) is 22.9 Å². The van der Waals surface area contributed by atoms with Gasteiger partial charge in [-0.1, -0.05) is 31.5 Å². The molecule has 2 fully saturated rings. The van der Waals surface area contributed by atoms with Crippen molar-refractivity contribution in [1.29, 1.82) is 0 Å². The van der Waals surface area contributed by atoms with Crippen LogP contribution in [0.2, 0.25) is 5.02 Å². The fraction of sp³-hybridized carbons (Fsp3) is 0.429. The van der Waals surface area contributed by atoms with E-state index in [1.807, 2.05) is 18.3 Å². The number of hydrogen-bond acceptors (Lipinski definition) is 3. The molecule has 184 valence electrons. The van der Waals surface area contributed by atoms with Gasteiger partial charge in [0.15, 0.2) is 5.11 Å². The highest BCUT2D eigenvalue weighted by molar-refractivity contribution is 7.80. The van der Waals surface area contributed by atoms with Crippen LogP contribution in [0.15, 0.2) is 61.1 Å². The van der Waals surface area contributed by atoms with E-state index in [4.69, 9.17) is 23.8 Å². The summed E-state index contributed by atoms with van der Waals surface area (Å²) in [5, 5.41) is 5.00. The normalized spacial score (nSPS) is 24.8. The summed E-state index contributed by atoms with van der Waals surface area (Å²) in [7, 11) is 0. The number of anilines is 2. The Balaban J connectivity index is 1.52. The molecule has 4 heterocycles. The van der Waals surface area contributed by atoms with Crippen molar-refractivity contribution >= 4 is 40.3 Å². The van der Waals surface area contributed by atoms with Crippen LogP contribution in [-0.2, 0) is 0 Å². The summed E-state index contributed by atoms with van der Waals surface area (Å²) in [4.78, 5) is 9.29. The molecule has 1 N–H and O–H groups in total. The van der Waals surface area contributed by atoms with Crippen LogP contribution >= 0.6 is 23.8 Å². The standard InChI is InChI=1S/C28H34ClN5S/c1-18(2)32-12-10-21(17-32)27-26(24-7-5-6-11-30-24)31-28(35)34(27)22-8-9-25(23(29)14-22)33-15-19(3)13-20(4)16-33/h5-12,14,17-20,26-27H,13,15-16H2,1-4H3,(H,31,35)/t19-,20+,26-,27+/m0/s1. The van der Waals surface area contributed by atoms with Gasteiger partial charge in [0.1, 0.15) is 0 Å². The van der Waals surface area contributed by atoms with Crippen molar-refractivity contribution in [3.05, 3.63) is 77.3 Å². The van der Waals surface area contributed by atoms with Crippen molar-refractivity contribution in [3.63, 3.8) is 0 Å². The van der Waals surface area contributed by atoms with Gasteiger partial charge in [0.25, 0.3) is 0 Å². The van der Waals surface area contributed by atoms with E-state index < -0.39 is 0 Å².